The van der Waals surface area contributed by atoms with Gasteiger partial charge in [0.05, 0.1) is 21.3 Å². The van der Waals surface area contributed by atoms with E-state index in [4.69, 9.17) is 0 Å². The molecule has 0 saturated carbocycles. The number of anilines is 1. The lowest BCUT2D eigenvalue weighted by Crippen LogP contribution is -2.12. The molecule has 176 valence electrons. The molecule has 0 spiro atoms. The standard InChI is InChI=1S/C15H15NOS.C14H11NOS/c1-11-7-9-12(10-8-11)16-15(17)13-5-3-4-6-14(13)18-2;1-10-6-8-11(9-7-10)15-14(16)12-4-2-3-5-13(12)17-15/h3-10H,1-2H3,(H,16,17);2-9H,1H3. The molecule has 35 heavy (non-hydrogen) atoms. The van der Waals surface area contributed by atoms with Gasteiger partial charge in [-0.2, -0.15) is 0 Å². The van der Waals surface area contributed by atoms with E-state index < -0.39 is 0 Å². The average Bonchev–Trinajstić information content (AvgIpc) is 3.22. The lowest BCUT2D eigenvalue weighted by molar-refractivity contribution is 0.102. The number of fused-ring (bicyclic) bond motifs is 1. The third-order valence-corrected chi connectivity index (χ3v) is 7.33. The number of rotatable bonds is 4. The van der Waals surface area contributed by atoms with E-state index in [0.29, 0.717) is 5.56 Å². The maximum absolute atomic E-state index is 12.2. The monoisotopic (exact) mass is 498 g/mol. The molecule has 1 N–H and O–H groups in total. The summed E-state index contributed by atoms with van der Waals surface area (Å²) in [6.07, 6.45) is 1.97. The molecule has 4 nitrogen and oxygen atoms in total. The van der Waals surface area contributed by atoms with Crippen LogP contribution < -0.4 is 10.9 Å². The van der Waals surface area contributed by atoms with E-state index in [1.54, 1.807) is 15.7 Å². The van der Waals surface area contributed by atoms with Crippen LogP contribution >= 0.6 is 23.3 Å². The van der Waals surface area contributed by atoms with Crippen LogP contribution in [0.1, 0.15) is 21.5 Å². The molecule has 1 aromatic heterocycles. The molecule has 0 atom stereocenters. The van der Waals surface area contributed by atoms with Gasteiger partial charge >= 0.3 is 0 Å². The Hall–Kier alpha value is -3.61. The van der Waals surface area contributed by atoms with E-state index in [1.807, 2.05) is 117 Å². The third-order valence-electron chi connectivity index (χ3n) is 5.42. The molecule has 0 fully saturated rings. The van der Waals surface area contributed by atoms with E-state index in [0.717, 1.165) is 26.4 Å². The van der Waals surface area contributed by atoms with Crippen LogP contribution in [-0.2, 0) is 0 Å². The van der Waals surface area contributed by atoms with Gasteiger partial charge in [-0.3, -0.25) is 9.59 Å². The smallest absolute Gasteiger partial charge is 0.273 e. The summed E-state index contributed by atoms with van der Waals surface area (Å²) in [4.78, 5) is 25.3. The van der Waals surface area contributed by atoms with Gasteiger partial charge in [0.25, 0.3) is 11.5 Å². The largest absolute Gasteiger partial charge is 0.322 e. The van der Waals surface area contributed by atoms with Crippen LogP contribution in [0.5, 0.6) is 0 Å². The van der Waals surface area contributed by atoms with Crippen molar-refractivity contribution in [3.05, 3.63) is 124 Å². The van der Waals surface area contributed by atoms with Crippen LogP contribution in [0, 0.1) is 13.8 Å². The fourth-order valence-corrected chi connectivity index (χ4v) is 5.08. The molecule has 0 aliphatic heterocycles. The highest BCUT2D eigenvalue weighted by Gasteiger charge is 2.10. The predicted octanol–water partition coefficient (Wildman–Crippen LogP) is 7.33. The van der Waals surface area contributed by atoms with Crippen LogP contribution in [0.25, 0.3) is 15.8 Å². The Kier molecular flexibility index (Phi) is 7.85. The van der Waals surface area contributed by atoms with E-state index in [9.17, 15) is 9.59 Å². The van der Waals surface area contributed by atoms with Gasteiger partial charge in [-0.1, -0.05) is 71.2 Å². The van der Waals surface area contributed by atoms with E-state index in [2.05, 4.69) is 5.32 Å². The summed E-state index contributed by atoms with van der Waals surface area (Å²) in [7, 11) is 0. The molecule has 0 aliphatic rings. The maximum atomic E-state index is 12.2. The summed E-state index contributed by atoms with van der Waals surface area (Å²) in [6.45, 7) is 4.06. The molecule has 1 amide bonds. The van der Waals surface area contributed by atoms with E-state index in [-0.39, 0.29) is 11.5 Å². The second-order valence-electron chi connectivity index (χ2n) is 8.04. The lowest BCUT2D eigenvalue weighted by atomic mass is 10.2. The van der Waals surface area contributed by atoms with Gasteiger partial charge in [-0.15, -0.1) is 11.8 Å². The summed E-state index contributed by atoms with van der Waals surface area (Å²) in [6, 6.07) is 31.1. The first-order valence-electron chi connectivity index (χ1n) is 11.2. The second-order valence-corrected chi connectivity index (χ2v) is 9.88. The van der Waals surface area contributed by atoms with Gasteiger partial charge in [-0.05, 0) is 68.6 Å². The highest BCUT2D eigenvalue weighted by atomic mass is 32.2. The number of benzene rings is 4. The van der Waals surface area contributed by atoms with Crippen LogP contribution in [0.15, 0.2) is 107 Å². The first-order chi connectivity index (χ1) is 17.0. The van der Waals surface area contributed by atoms with Crippen molar-refractivity contribution in [1.29, 1.82) is 0 Å². The minimum absolute atomic E-state index is 0.0643. The zero-order valence-corrected chi connectivity index (χ0v) is 21.5. The van der Waals surface area contributed by atoms with Crippen LogP contribution in [0.3, 0.4) is 0 Å². The van der Waals surface area contributed by atoms with Gasteiger partial charge < -0.3 is 5.32 Å². The van der Waals surface area contributed by atoms with Crippen molar-refractivity contribution in [2.24, 2.45) is 0 Å². The number of carbonyl (C=O) groups excluding carboxylic acids is 1. The summed E-state index contributed by atoms with van der Waals surface area (Å²) < 4.78 is 2.77. The van der Waals surface area contributed by atoms with Crippen LogP contribution in [0.4, 0.5) is 5.69 Å². The first kappa shape index (κ1) is 24.5. The van der Waals surface area contributed by atoms with Gasteiger partial charge in [0, 0.05) is 10.6 Å². The highest BCUT2D eigenvalue weighted by Crippen LogP contribution is 2.22. The number of thioether (sulfide) groups is 1. The fraction of sp³-hybridized carbons (Fsp3) is 0.103. The zero-order valence-electron chi connectivity index (χ0n) is 19.8. The minimum Gasteiger partial charge on any atom is -0.322 e. The Morgan fingerprint density at radius 3 is 2.06 bits per heavy atom. The molecule has 6 heteroatoms. The number of carbonyl (C=O) groups is 1. The Morgan fingerprint density at radius 1 is 0.800 bits per heavy atom. The molecule has 0 bridgehead atoms. The van der Waals surface area contributed by atoms with Gasteiger partial charge in [-0.25, -0.2) is 3.96 Å². The molecule has 0 aliphatic carbocycles. The topological polar surface area (TPSA) is 51.1 Å². The normalized spacial score (nSPS) is 10.5. The summed E-state index contributed by atoms with van der Waals surface area (Å²) >= 11 is 3.06. The van der Waals surface area contributed by atoms with Crippen molar-refractivity contribution in [2.45, 2.75) is 18.7 Å². The van der Waals surface area contributed by atoms with E-state index in [1.165, 1.54) is 22.7 Å². The lowest BCUT2D eigenvalue weighted by Gasteiger charge is -2.08. The Balaban J connectivity index is 0.000000165. The van der Waals surface area contributed by atoms with Gasteiger partial charge in [0.2, 0.25) is 0 Å². The molecular weight excluding hydrogens is 472 g/mol. The van der Waals surface area contributed by atoms with Gasteiger partial charge in [0.15, 0.2) is 0 Å². The summed E-state index contributed by atoms with van der Waals surface area (Å²) in [5, 5.41) is 3.70. The molecule has 1 heterocycles. The van der Waals surface area contributed by atoms with Gasteiger partial charge in [0.1, 0.15) is 0 Å². The molecule has 4 aromatic carbocycles. The van der Waals surface area contributed by atoms with Crippen LogP contribution in [-0.4, -0.2) is 16.1 Å². The van der Waals surface area contributed by atoms with Crippen LogP contribution in [0.2, 0.25) is 0 Å². The molecule has 5 aromatic rings. The number of aromatic nitrogens is 1. The van der Waals surface area contributed by atoms with Crippen molar-refractivity contribution in [1.82, 2.24) is 3.96 Å². The predicted molar refractivity (Wildman–Crippen MR) is 150 cm³/mol. The van der Waals surface area contributed by atoms with E-state index >= 15 is 0 Å². The second kappa shape index (κ2) is 11.2. The summed E-state index contributed by atoms with van der Waals surface area (Å²) in [5.74, 6) is -0.0659. The Morgan fingerprint density at radius 2 is 1.40 bits per heavy atom. The van der Waals surface area contributed by atoms with Crippen molar-refractivity contribution >= 4 is 45.0 Å². The van der Waals surface area contributed by atoms with Crippen molar-refractivity contribution < 1.29 is 4.79 Å². The number of aryl methyl sites for hydroxylation is 2. The molecule has 5 rings (SSSR count). The highest BCUT2D eigenvalue weighted by molar-refractivity contribution is 7.98. The SMILES string of the molecule is CSc1ccccc1C(=O)Nc1ccc(C)cc1.Cc1ccc(-n2sc3ccccc3c2=O)cc1. The van der Waals surface area contributed by atoms with Crippen molar-refractivity contribution in [3.63, 3.8) is 0 Å². The number of hydrogen-bond acceptors (Lipinski definition) is 4. The summed E-state index contributed by atoms with van der Waals surface area (Å²) in [5.41, 5.74) is 4.91. The quantitative estimate of drug-likeness (QED) is 0.264. The molecular formula is C29H26N2O2S2. The van der Waals surface area contributed by atoms with Crippen molar-refractivity contribution in [3.8, 4) is 5.69 Å². The number of nitrogens with one attached hydrogen (secondary N) is 1. The average molecular weight is 499 g/mol. The number of amides is 1. The number of nitrogens with zero attached hydrogens (tertiary/aromatic N) is 1. The first-order valence-corrected chi connectivity index (χ1v) is 13.2. The number of hydrogen-bond donors (Lipinski definition) is 1. The Labute approximate surface area is 213 Å². The third kappa shape index (κ3) is 5.91. The molecule has 0 radical (unpaired) electrons. The fourth-order valence-electron chi connectivity index (χ4n) is 3.49. The zero-order chi connectivity index (χ0) is 24.8. The maximum Gasteiger partial charge on any atom is 0.273 e. The Bertz CT molecular complexity index is 1500. The minimum atomic E-state index is -0.0659. The molecule has 0 saturated heterocycles. The van der Waals surface area contributed by atoms with Crippen molar-refractivity contribution in [2.75, 3.05) is 11.6 Å². The molecule has 0 unspecified atom stereocenters.